The van der Waals surface area contributed by atoms with Crippen LogP contribution in [0, 0.1) is 6.92 Å². The molecule has 0 aliphatic carbocycles. The number of ether oxygens (including phenoxy) is 1. The monoisotopic (exact) mass is 329 g/mol. The van der Waals surface area contributed by atoms with E-state index in [9.17, 15) is 4.79 Å². The van der Waals surface area contributed by atoms with Crippen LogP contribution in [0.3, 0.4) is 0 Å². The summed E-state index contributed by atoms with van der Waals surface area (Å²) in [5, 5.41) is 8.29. The summed E-state index contributed by atoms with van der Waals surface area (Å²) >= 11 is 0. The highest BCUT2D eigenvalue weighted by Gasteiger charge is 2.24. The van der Waals surface area contributed by atoms with Crippen molar-refractivity contribution in [2.45, 2.75) is 19.4 Å². The minimum Gasteiger partial charge on any atom is -0.383 e. The fraction of sp³-hybridized carbons (Fsp3) is 0.643. The van der Waals surface area contributed by atoms with Crippen LogP contribution in [0.15, 0.2) is 12.1 Å². The number of rotatable bonds is 4. The largest absolute Gasteiger partial charge is 0.383 e. The van der Waals surface area contributed by atoms with Gasteiger partial charge in [0.05, 0.1) is 12.3 Å². The maximum Gasteiger partial charge on any atom is 0.241 e. The first-order valence-corrected chi connectivity index (χ1v) is 7.20. The van der Waals surface area contributed by atoms with Crippen molar-refractivity contribution in [3.63, 3.8) is 0 Å². The average Bonchev–Trinajstić information content (AvgIpc) is 2.73. The maximum atomic E-state index is 12.2. The number of amides is 1. The van der Waals surface area contributed by atoms with Crippen LogP contribution in [0.5, 0.6) is 0 Å². The summed E-state index contributed by atoms with van der Waals surface area (Å²) in [4.78, 5) is 16.2. The number of carbonyl (C=O) groups is 1. The summed E-state index contributed by atoms with van der Waals surface area (Å²) in [5.41, 5.74) is 6.72. The Hall–Kier alpha value is -1.44. The van der Waals surface area contributed by atoms with Gasteiger partial charge in [0, 0.05) is 33.3 Å². The van der Waals surface area contributed by atoms with Gasteiger partial charge in [0.25, 0.3) is 0 Å². The minimum absolute atomic E-state index is 0. The Kier molecular flexibility index (Phi) is 7.50. The molecule has 1 aliphatic heterocycles. The van der Waals surface area contributed by atoms with Gasteiger partial charge in [0.1, 0.15) is 6.04 Å². The van der Waals surface area contributed by atoms with E-state index < -0.39 is 6.04 Å². The van der Waals surface area contributed by atoms with E-state index in [1.54, 1.807) is 7.11 Å². The molecule has 2 N–H and O–H groups in total. The first-order chi connectivity index (χ1) is 10.1. The van der Waals surface area contributed by atoms with Gasteiger partial charge in [-0.2, -0.15) is 5.10 Å². The summed E-state index contributed by atoms with van der Waals surface area (Å²) in [5.74, 6) is 0.810. The van der Waals surface area contributed by atoms with Crippen LogP contribution in [0.4, 0.5) is 5.82 Å². The lowest BCUT2D eigenvalue weighted by molar-refractivity contribution is -0.133. The molecule has 7 nitrogen and oxygen atoms in total. The zero-order valence-corrected chi connectivity index (χ0v) is 13.9. The zero-order valence-electron chi connectivity index (χ0n) is 13.1. The van der Waals surface area contributed by atoms with Gasteiger partial charge >= 0.3 is 0 Å². The van der Waals surface area contributed by atoms with Crippen LogP contribution in [0.1, 0.15) is 12.1 Å². The number of nitrogens with zero attached hydrogens (tertiary/aromatic N) is 4. The van der Waals surface area contributed by atoms with E-state index >= 15 is 0 Å². The molecule has 1 fully saturated rings. The van der Waals surface area contributed by atoms with E-state index in [4.69, 9.17) is 10.5 Å². The third kappa shape index (κ3) is 4.79. The van der Waals surface area contributed by atoms with E-state index in [1.165, 1.54) is 0 Å². The van der Waals surface area contributed by atoms with Crippen molar-refractivity contribution in [2.75, 3.05) is 44.8 Å². The van der Waals surface area contributed by atoms with E-state index in [2.05, 4.69) is 15.1 Å². The topological polar surface area (TPSA) is 84.6 Å². The van der Waals surface area contributed by atoms with Gasteiger partial charge in [-0.3, -0.25) is 4.79 Å². The number of aryl methyl sites for hydroxylation is 1. The third-order valence-electron chi connectivity index (χ3n) is 3.58. The first-order valence-electron chi connectivity index (χ1n) is 7.20. The van der Waals surface area contributed by atoms with Gasteiger partial charge in [-0.05, 0) is 25.5 Å². The predicted molar refractivity (Wildman–Crippen MR) is 87.3 cm³/mol. The van der Waals surface area contributed by atoms with Gasteiger partial charge in [0.15, 0.2) is 5.82 Å². The second kappa shape index (κ2) is 8.87. The molecule has 0 saturated carbocycles. The number of carbonyl (C=O) groups excluding carboxylic acids is 1. The third-order valence-corrected chi connectivity index (χ3v) is 3.58. The average molecular weight is 330 g/mol. The molecule has 1 aromatic rings. The molecular weight excluding hydrogens is 306 g/mol. The molecule has 1 atom stereocenters. The number of methoxy groups -OCH3 is 1. The molecular formula is C14H24ClN5O2. The highest BCUT2D eigenvalue weighted by atomic mass is 35.5. The molecule has 1 saturated heterocycles. The minimum atomic E-state index is -0.583. The van der Waals surface area contributed by atoms with Crippen LogP contribution in [0.25, 0.3) is 0 Å². The van der Waals surface area contributed by atoms with Gasteiger partial charge in [-0.1, -0.05) is 0 Å². The summed E-state index contributed by atoms with van der Waals surface area (Å²) < 4.78 is 4.95. The van der Waals surface area contributed by atoms with Crippen molar-refractivity contribution < 1.29 is 9.53 Å². The summed E-state index contributed by atoms with van der Waals surface area (Å²) in [6.07, 6.45) is 0.890. The lowest BCUT2D eigenvalue weighted by Gasteiger charge is -2.24. The number of aromatic nitrogens is 2. The molecule has 8 heteroatoms. The van der Waals surface area contributed by atoms with Crippen LogP contribution < -0.4 is 10.6 Å². The predicted octanol–water partition coefficient (Wildman–Crippen LogP) is 0.219. The fourth-order valence-electron chi connectivity index (χ4n) is 2.41. The SMILES string of the molecule is COCC(N)C(=O)N1CCCN(c2ccc(C)nn2)CC1.Cl. The highest BCUT2D eigenvalue weighted by Crippen LogP contribution is 2.13. The summed E-state index contributed by atoms with van der Waals surface area (Å²) in [7, 11) is 1.55. The molecule has 22 heavy (non-hydrogen) atoms. The Bertz CT molecular complexity index is 471. The van der Waals surface area contributed by atoms with Crippen LogP contribution in [-0.2, 0) is 9.53 Å². The first kappa shape index (κ1) is 18.6. The molecule has 1 aromatic heterocycles. The quantitative estimate of drug-likeness (QED) is 0.850. The maximum absolute atomic E-state index is 12.2. The van der Waals surface area contributed by atoms with Crippen molar-refractivity contribution in [3.05, 3.63) is 17.8 Å². The van der Waals surface area contributed by atoms with Crippen molar-refractivity contribution in [1.82, 2.24) is 15.1 Å². The molecule has 1 amide bonds. The van der Waals surface area contributed by atoms with E-state index in [0.717, 1.165) is 31.0 Å². The van der Waals surface area contributed by atoms with Gasteiger partial charge in [-0.15, -0.1) is 17.5 Å². The second-order valence-corrected chi connectivity index (χ2v) is 5.26. The Morgan fingerprint density at radius 3 is 2.73 bits per heavy atom. The van der Waals surface area contributed by atoms with Crippen LogP contribution in [0.2, 0.25) is 0 Å². The zero-order chi connectivity index (χ0) is 15.2. The van der Waals surface area contributed by atoms with E-state index in [1.807, 2.05) is 24.0 Å². The lowest BCUT2D eigenvalue weighted by Crippen LogP contribution is -2.47. The number of hydrogen-bond acceptors (Lipinski definition) is 6. The Morgan fingerprint density at radius 1 is 1.32 bits per heavy atom. The molecule has 0 radical (unpaired) electrons. The number of nitrogens with two attached hydrogens (primary N) is 1. The smallest absolute Gasteiger partial charge is 0.241 e. The normalized spacial score (nSPS) is 16.7. The van der Waals surface area contributed by atoms with Gasteiger partial charge in [-0.25, -0.2) is 0 Å². The Morgan fingerprint density at radius 2 is 2.09 bits per heavy atom. The molecule has 0 aromatic carbocycles. The number of anilines is 1. The molecule has 2 heterocycles. The fourth-order valence-corrected chi connectivity index (χ4v) is 2.41. The van der Waals surface area contributed by atoms with Crippen LogP contribution >= 0.6 is 12.4 Å². The molecule has 2 rings (SSSR count). The van der Waals surface area contributed by atoms with E-state index in [0.29, 0.717) is 13.1 Å². The standard InChI is InChI=1S/C14H23N5O2.ClH/c1-11-4-5-13(17-16-11)18-6-3-7-19(9-8-18)14(20)12(15)10-21-2;/h4-5,12H,3,6-10,15H2,1-2H3;1H. The second-order valence-electron chi connectivity index (χ2n) is 5.26. The van der Waals surface area contributed by atoms with Crippen molar-refractivity contribution in [1.29, 1.82) is 0 Å². The van der Waals surface area contributed by atoms with E-state index in [-0.39, 0.29) is 24.9 Å². The van der Waals surface area contributed by atoms with Crippen LogP contribution in [-0.4, -0.2) is 66.9 Å². The number of hydrogen-bond donors (Lipinski definition) is 1. The van der Waals surface area contributed by atoms with Crippen molar-refractivity contribution in [2.24, 2.45) is 5.73 Å². The van der Waals surface area contributed by atoms with Gasteiger partial charge in [0.2, 0.25) is 5.91 Å². The molecule has 1 unspecified atom stereocenters. The molecule has 0 bridgehead atoms. The lowest BCUT2D eigenvalue weighted by atomic mass is 10.2. The summed E-state index contributed by atoms with van der Waals surface area (Å²) in [6.45, 7) is 5.13. The Labute approximate surface area is 137 Å². The molecule has 1 aliphatic rings. The molecule has 0 spiro atoms. The summed E-state index contributed by atoms with van der Waals surface area (Å²) in [6, 6.07) is 3.34. The van der Waals surface area contributed by atoms with Crippen molar-refractivity contribution in [3.8, 4) is 0 Å². The highest BCUT2D eigenvalue weighted by molar-refractivity contribution is 5.85. The van der Waals surface area contributed by atoms with Crippen molar-refractivity contribution >= 4 is 24.1 Å². The Balaban J connectivity index is 0.00000242. The van der Waals surface area contributed by atoms with Gasteiger partial charge < -0.3 is 20.3 Å². The molecule has 124 valence electrons. The number of halogens is 1.